The number of amides is 1. The van der Waals surface area contributed by atoms with Crippen LogP contribution >= 0.6 is 0 Å². The number of rotatable bonds is 6. The van der Waals surface area contributed by atoms with E-state index in [0.717, 1.165) is 0 Å². The van der Waals surface area contributed by atoms with Crippen LogP contribution in [0.15, 0.2) is 88.8 Å². The maximum absolute atomic E-state index is 13.4. The lowest BCUT2D eigenvalue weighted by atomic mass is 10.1. The summed E-state index contributed by atoms with van der Waals surface area (Å²) in [4.78, 5) is 25.7. The van der Waals surface area contributed by atoms with E-state index in [9.17, 15) is 14.0 Å². The molecule has 0 saturated heterocycles. The summed E-state index contributed by atoms with van der Waals surface area (Å²) in [6.07, 6.45) is 0. The third kappa shape index (κ3) is 4.59. The topological polar surface area (TPSA) is 88.5 Å². The Bertz CT molecular complexity index is 1360. The lowest BCUT2D eigenvalue weighted by Gasteiger charge is -2.05. The Kier molecular flexibility index (Phi) is 6.17. The molecule has 33 heavy (non-hydrogen) atoms. The van der Waals surface area contributed by atoms with Gasteiger partial charge in [-0.2, -0.15) is 5.10 Å². The van der Waals surface area contributed by atoms with Gasteiger partial charge < -0.3 is 4.74 Å². The van der Waals surface area contributed by atoms with Gasteiger partial charge >= 0.3 is 0 Å². The molecular weight excluding hydrogens is 423 g/mol. The SMILES string of the molecule is COc1ccc(-c2[nH]n(-c3ccc(F)cc3)c(=O)c2/C(C)=N/NC(=O)c2ccccc2)cc1. The number of hydrogen-bond acceptors (Lipinski definition) is 4. The highest BCUT2D eigenvalue weighted by Crippen LogP contribution is 2.24. The molecule has 0 bridgehead atoms. The maximum Gasteiger partial charge on any atom is 0.281 e. The summed E-state index contributed by atoms with van der Waals surface area (Å²) in [5.41, 5.74) is 4.82. The lowest BCUT2D eigenvalue weighted by molar-refractivity contribution is 0.0955. The van der Waals surface area contributed by atoms with Crippen molar-refractivity contribution in [2.45, 2.75) is 6.92 Å². The highest BCUT2D eigenvalue weighted by Gasteiger charge is 2.20. The zero-order valence-corrected chi connectivity index (χ0v) is 18.0. The van der Waals surface area contributed by atoms with Crippen LogP contribution in [0.5, 0.6) is 5.75 Å². The van der Waals surface area contributed by atoms with Gasteiger partial charge in [0.15, 0.2) is 0 Å². The minimum absolute atomic E-state index is 0.276. The molecule has 0 atom stereocenters. The second-order valence-corrected chi connectivity index (χ2v) is 7.21. The van der Waals surface area contributed by atoms with E-state index in [-0.39, 0.29) is 11.1 Å². The average molecular weight is 444 g/mol. The summed E-state index contributed by atoms with van der Waals surface area (Å²) in [5, 5.41) is 7.26. The fourth-order valence-electron chi connectivity index (χ4n) is 3.36. The zero-order chi connectivity index (χ0) is 23.4. The van der Waals surface area contributed by atoms with Crippen molar-refractivity contribution in [2.24, 2.45) is 5.10 Å². The number of halogens is 1. The number of ether oxygens (including phenoxy) is 1. The van der Waals surface area contributed by atoms with Gasteiger partial charge in [0.05, 0.1) is 29.8 Å². The van der Waals surface area contributed by atoms with E-state index in [0.29, 0.717) is 34.0 Å². The number of carbonyl (C=O) groups is 1. The molecule has 8 heteroatoms. The van der Waals surface area contributed by atoms with Crippen LogP contribution in [0, 0.1) is 5.82 Å². The Morgan fingerprint density at radius 3 is 2.30 bits per heavy atom. The minimum atomic E-state index is -0.407. The number of carbonyl (C=O) groups excluding carboxylic acids is 1. The second kappa shape index (κ2) is 9.35. The number of benzene rings is 3. The molecule has 2 N–H and O–H groups in total. The first-order chi connectivity index (χ1) is 16.0. The van der Waals surface area contributed by atoms with E-state index < -0.39 is 11.7 Å². The molecule has 7 nitrogen and oxygen atoms in total. The summed E-state index contributed by atoms with van der Waals surface area (Å²) in [6.45, 7) is 1.64. The van der Waals surface area contributed by atoms with Gasteiger partial charge in [-0.1, -0.05) is 18.2 Å². The van der Waals surface area contributed by atoms with Crippen LogP contribution in [0.25, 0.3) is 16.9 Å². The summed E-state index contributed by atoms with van der Waals surface area (Å²) in [7, 11) is 1.57. The average Bonchev–Trinajstić information content (AvgIpc) is 3.20. The molecule has 0 saturated carbocycles. The van der Waals surface area contributed by atoms with E-state index >= 15 is 0 Å². The Labute approximate surface area is 189 Å². The van der Waals surface area contributed by atoms with Gasteiger partial charge in [-0.25, -0.2) is 14.5 Å². The van der Waals surface area contributed by atoms with E-state index in [2.05, 4.69) is 15.6 Å². The lowest BCUT2D eigenvalue weighted by Crippen LogP contribution is -2.23. The highest BCUT2D eigenvalue weighted by molar-refractivity contribution is 6.04. The quantitative estimate of drug-likeness (QED) is 0.346. The molecular formula is C25H21FN4O3. The molecule has 4 aromatic rings. The van der Waals surface area contributed by atoms with Gasteiger partial charge in [0.25, 0.3) is 11.5 Å². The van der Waals surface area contributed by atoms with Crippen LogP contribution in [0.2, 0.25) is 0 Å². The fraction of sp³-hybridized carbons (Fsp3) is 0.0800. The number of aromatic nitrogens is 2. The highest BCUT2D eigenvalue weighted by atomic mass is 19.1. The van der Waals surface area contributed by atoms with Gasteiger partial charge in [0, 0.05) is 11.1 Å². The molecule has 0 aliphatic rings. The summed E-state index contributed by atoms with van der Waals surface area (Å²) >= 11 is 0. The van der Waals surface area contributed by atoms with Crippen molar-refractivity contribution < 1.29 is 13.9 Å². The summed E-state index contributed by atoms with van der Waals surface area (Å²) in [5.74, 6) is -0.133. The fourth-order valence-corrected chi connectivity index (χ4v) is 3.36. The number of aromatic amines is 1. The van der Waals surface area contributed by atoms with Crippen molar-refractivity contribution >= 4 is 11.6 Å². The smallest absolute Gasteiger partial charge is 0.281 e. The van der Waals surface area contributed by atoms with E-state index in [1.807, 2.05) is 6.07 Å². The van der Waals surface area contributed by atoms with Crippen molar-refractivity contribution in [3.8, 4) is 22.7 Å². The monoisotopic (exact) mass is 444 g/mol. The van der Waals surface area contributed by atoms with E-state index in [1.165, 1.54) is 28.9 Å². The van der Waals surface area contributed by atoms with Crippen LogP contribution < -0.4 is 15.7 Å². The van der Waals surface area contributed by atoms with E-state index in [1.54, 1.807) is 62.6 Å². The van der Waals surface area contributed by atoms with Crippen molar-refractivity contribution in [3.05, 3.63) is 106 Å². The first-order valence-corrected chi connectivity index (χ1v) is 10.1. The molecule has 0 unspecified atom stereocenters. The predicted octanol–water partition coefficient (Wildman–Crippen LogP) is 4.13. The largest absolute Gasteiger partial charge is 0.497 e. The third-order valence-corrected chi connectivity index (χ3v) is 5.08. The molecule has 4 rings (SSSR count). The van der Waals surface area contributed by atoms with Crippen LogP contribution in [-0.2, 0) is 0 Å². The number of nitrogens with one attached hydrogen (secondary N) is 2. The molecule has 0 aliphatic heterocycles. The second-order valence-electron chi connectivity index (χ2n) is 7.21. The zero-order valence-electron chi connectivity index (χ0n) is 18.0. The summed E-state index contributed by atoms with van der Waals surface area (Å²) in [6, 6.07) is 21.3. The molecule has 0 radical (unpaired) electrons. The maximum atomic E-state index is 13.4. The molecule has 1 aromatic heterocycles. The standard InChI is InChI=1S/C25H21FN4O3/c1-16(27-28-24(31)18-6-4-3-5-7-18)22-23(17-8-14-21(33-2)15-9-17)29-30(25(22)32)20-12-10-19(26)11-13-20/h3-15,29H,1-2H3,(H,28,31)/b27-16+. The first kappa shape index (κ1) is 21.8. The number of methoxy groups -OCH3 is 1. The predicted molar refractivity (Wildman–Crippen MR) is 124 cm³/mol. The Morgan fingerprint density at radius 2 is 1.67 bits per heavy atom. The molecule has 0 aliphatic carbocycles. The third-order valence-electron chi connectivity index (χ3n) is 5.08. The molecule has 1 amide bonds. The van der Waals surface area contributed by atoms with Crippen LogP contribution in [0.4, 0.5) is 4.39 Å². The van der Waals surface area contributed by atoms with Gasteiger partial charge in [0.2, 0.25) is 0 Å². The molecule has 3 aromatic carbocycles. The van der Waals surface area contributed by atoms with Crippen molar-refractivity contribution in [1.82, 2.24) is 15.2 Å². The van der Waals surface area contributed by atoms with Crippen molar-refractivity contribution in [3.63, 3.8) is 0 Å². The van der Waals surface area contributed by atoms with E-state index in [4.69, 9.17) is 4.74 Å². The van der Waals surface area contributed by atoms with Gasteiger partial charge in [-0.3, -0.25) is 14.7 Å². The Morgan fingerprint density at radius 1 is 1.00 bits per heavy atom. The van der Waals surface area contributed by atoms with Gasteiger partial charge in [-0.15, -0.1) is 0 Å². The molecule has 0 fully saturated rings. The van der Waals surface area contributed by atoms with Crippen LogP contribution in [-0.4, -0.2) is 28.5 Å². The molecule has 0 spiro atoms. The Hall–Kier alpha value is -4.46. The number of H-pyrrole nitrogens is 1. The van der Waals surface area contributed by atoms with Crippen LogP contribution in [0.1, 0.15) is 22.8 Å². The molecule has 166 valence electrons. The number of hydrazone groups is 1. The van der Waals surface area contributed by atoms with Crippen molar-refractivity contribution in [2.75, 3.05) is 7.11 Å². The van der Waals surface area contributed by atoms with Gasteiger partial charge in [-0.05, 0) is 67.6 Å². The van der Waals surface area contributed by atoms with Gasteiger partial charge in [0.1, 0.15) is 11.6 Å². The number of nitrogens with zero attached hydrogens (tertiary/aromatic N) is 2. The van der Waals surface area contributed by atoms with Crippen molar-refractivity contribution in [1.29, 1.82) is 0 Å². The Balaban J connectivity index is 1.78. The normalized spacial score (nSPS) is 11.3. The first-order valence-electron chi connectivity index (χ1n) is 10.1. The minimum Gasteiger partial charge on any atom is -0.497 e. The van der Waals surface area contributed by atoms with Crippen LogP contribution in [0.3, 0.4) is 0 Å². The summed E-state index contributed by atoms with van der Waals surface area (Å²) < 4.78 is 19.9. The number of hydrogen-bond donors (Lipinski definition) is 2. The molecule has 1 heterocycles.